The molecular formula is C12H16F3NO2. The van der Waals surface area contributed by atoms with E-state index in [2.05, 4.69) is 5.32 Å². The number of phenolic OH excluding ortho intramolecular Hbond substituents is 1. The van der Waals surface area contributed by atoms with Crippen LogP contribution < -0.4 is 10.1 Å². The van der Waals surface area contributed by atoms with E-state index < -0.39 is 18.6 Å². The molecule has 0 aliphatic carbocycles. The van der Waals surface area contributed by atoms with Gasteiger partial charge in [-0.05, 0) is 25.1 Å². The summed E-state index contributed by atoms with van der Waals surface area (Å²) in [5.41, 5.74) is 0.503. The van der Waals surface area contributed by atoms with Crippen LogP contribution in [0.4, 0.5) is 13.2 Å². The van der Waals surface area contributed by atoms with E-state index >= 15 is 0 Å². The van der Waals surface area contributed by atoms with Crippen LogP contribution in [-0.2, 0) is 6.54 Å². The van der Waals surface area contributed by atoms with E-state index in [0.29, 0.717) is 11.3 Å². The van der Waals surface area contributed by atoms with Gasteiger partial charge in [-0.25, -0.2) is 0 Å². The predicted octanol–water partition coefficient (Wildman–Crippen LogP) is 2.83. The van der Waals surface area contributed by atoms with Crippen molar-refractivity contribution in [3.63, 3.8) is 0 Å². The minimum atomic E-state index is -4.19. The Hall–Kier alpha value is -1.43. The lowest BCUT2D eigenvalue weighted by atomic mass is 10.1. The Bertz CT molecular complexity index is 393. The van der Waals surface area contributed by atoms with Crippen LogP contribution in [0.2, 0.25) is 0 Å². The number of hydrogen-bond donors (Lipinski definition) is 2. The Labute approximate surface area is 104 Å². The molecule has 18 heavy (non-hydrogen) atoms. The number of aromatic hydroxyl groups is 1. The Morgan fingerprint density at radius 1 is 1.39 bits per heavy atom. The number of hydrogen-bond acceptors (Lipinski definition) is 3. The second-order valence-electron chi connectivity index (χ2n) is 4.10. The van der Waals surface area contributed by atoms with Crippen molar-refractivity contribution in [3.8, 4) is 11.5 Å². The van der Waals surface area contributed by atoms with Gasteiger partial charge in [0.1, 0.15) is 11.5 Å². The molecule has 2 N–H and O–H groups in total. The van der Waals surface area contributed by atoms with Crippen LogP contribution in [0.3, 0.4) is 0 Å². The van der Waals surface area contributed by atoms with Crippen LogP contribution in [0, 0.1) is 0 Å². The van der Waals surface area contributed by atoms with E-state index in [4.69, 9.17) is 4.74 Å². The summed E-state index contributed by atoms with van der Waals surface area (Å²) in [6.45, 7) is 1.60. The van der Waals surface area contributed by atoms with Gasteiger partial charge in [0, 0.05) is 18.2 Å². The highest BCUT2D eigenvalue weighted by atomic mass is 19.4. The van der Waals surface area contributed by atoms with Gasteiger partial charge in [0.25, 0.3) is 0 Å². The number of halogens is 3. The molecule has 1 rings (SSSR count). The minimum absolute atomic E-state index is 0.0301. The molecule has 0 saturated heterocycles. The van der Waals surface area contributed by atoms with Crippen molar-refractivity contribution >= 4 is 0 Å². The van der Waals surface area contributed by atoms with Crippen LogP contribution in [0.15, 0.2) is 18.2 Å². The zero-order valence-corrected chi connectivity index (χ0v) is 10.2. The summed E-state index contributed by atoms with van der Waals surface area (Å²) in [7, 11) is 1.48. The molecule has 1 atom stereocenters. The lowest BCUT2D eigenvalue weighted by Gasteiger charge is -2.16. The standard InChI is InChI=1S/C12H16F3NO2/c1-8(6-12(13,14)15)16-7-9-5-10(18-2)3-4-11(9)17/h3-5,8,16-17H,6-7H2,1-2H3. The predicted molar refractivity (Wildman–Crippen MR) is 61.6 cm³/mol. The van der Waals surface area contributed by atoms with Gasteiger partial charge in [0.2, 0.25) is 0 Å². The summed E-state index contributed by atoms with van der Waals surface area (Å²) in [5, 5.41) is 12.3. The molecule has 0 fully saturated rings. The zero-order chi connectivity index (χ0) is 13.8. The second kappa shape index (κ2) is 5.95. The van der Waals surface area contributed by atoms with E-state index in [-0.39, 0.29) is 12.3 Å². The molecule has 6 heteroatoms. The first kappa shape index (κ1) is 14.6. The highest BCUT2D eigenvalue weighted by Gasteiger charge is 2.29. The Kier molecular flexibility index (Phi) is 4.84. The normalized spacial score (nSPS) is 13.4. The van der Waals surface area contributed by atoms with Crippen LogP contribution in [0.1, 0.15) is 18.9 Å². The van der Waals surface area contributed by atoms with E-state index in [1.54, 1.807) is 12.1 Å². The molecule has 0 aliphatic heterocycles. The molecule has 1 aromatic rings. The third-order valence-corrected chi connectivity index (χ3v) is 2.47. The summed E-state index contributed by atoms with van der Waals surface area (Å²) in [6, 6.07) is 3.90. The molecule has 0 spiro atoms. The first-order chi connectivity index (χ1) is 8.31. The quantitative estimate of drug-likeness (QED) is 0.858. The Balaban J connectivity index is 2.57. The Morgan fingerprint density at radius 3 is 2.61 bits per heavy atom. The first-order valence-corrected chi connectivity index (χ1v) is 5.48. The fourth-order valence-corrected chi connectivity index (χ4v) is 1.53. The van der Waals surface area contributed by atoms with Crippen molar-refractivity contribution in [2.75, 3.05) is 7.11 Å². The fourth-order valence-electron chi connectivity index (χ4n) is 1.53. The fraction of sp³-hybridized carbons (Fsp3) is 0.500. The molecule has 0 bridgehead atoms. The van der Waals surface area contributed by atoms with Crippen molar-refractivity contribution < 1.29 is 23.0 Å². The van der Waals surface area contributed by atoms with Gasteiger partial charge in [-0.2, -0.15) is 13.2 Å². The van der Waals surface area contributed by atoms with Gasteiger partial charge < -0.3 is 15.2 Å². The number of rotatable bonds is 5. The van der Waals surface area contributed by atoms with Gasteiger partial charge in [0.15, 0.2) is 0 Å². The van der Waals surface area contributed by atoms with Crippen molar-refractivity contribution in [2.24, 2.45) is 0 Å². The molecular weight excluding hydrogens is 247 g/mol. The van der Waals surface area contributed by atoms with Gasteiger partial charge in [-0.1, -0.05) is 0 Å². The summed E-state index contributed by atoms with van der Waals surface area (Å²) in [5.74, 6) is 0.579. The summed E-state index contributed by atoms with van der Waals surface area (Å²) >= 11 is 0. The van der Waals surface area contributed by atoms with Crippen molar-refractivity contribution in [3.05, 3.63) is 23.8 Å². The van der Waals surface area contributed by atoms with Crippen LogP contribution >= 0.6 is 0 Å². The molecule has 0 aromatic heterocycles. The first-order valence-electron chi connectivity index (χ1n) is 5.48. The monoisotopic (exact) mass is 263 g/mol. The van der Waals surface area contributed by atoms with Crippen molar-refractivity contribution in [1.29, 1.82) is 0 Å². The van der Waals surface area contributed by atoms with Crippen molar-refractivity contribution in [2.45, 2.75) is 32.1 Å². The molecule has 3 nitrogen and oxygen atoms in total. The lowest BCUT2D eigenvalue weighted by molar-refractivity contribution is -0.139. The third-order valence-electron chi connectivity index (χ3n) is 2.47. The smallest absolute Gasteiger partial charge is 0.390 e. The number of methoxy groups -OCH3 is 1. The SMILES string of the molecule is COc1ccc(O)c(CNC(C)CC(F)(F)F)c1. The average molecular weight is 263 g/mol. The molecule has 1 unspecified atom stereocenters. The van der Waals surface area contributed by atoms with E-state index in [0.717, 1.165) is 0 Å². The summed E-state index contributed by atoms with van der Waals surface area (Å²) in [6.07, 6.45) is -5.10. The minimum Gasteiger partial charge on any atom is -0.508 e. The van der Waals surface area contributed by atoms with Gasteiger partial charge >= 0.3 is 6.18 Å². The molecule has 0 radical (unpaired) electrons. The van der Waals surface area contributed by atoms with E-state index in [1.165, 1.54) is 20.1 Å². The number of phenols is 1. The molecule has 0 saturated carbocycles. The maximum absolute atomic E-state index is 12.1. The Morgan fingerprint density at radius 2 is 2.06 bits per heavy atom. The molecule has 0 amide bonds. The highest BCUT2D eigenvalue weighted by molar-refractivity contribution is 5.39. The molecule has 0 aliphatic rings. The second-order valence-corrected chi connectivity index (χ2v) is 4.10. The van der Waals surface area contributed by atoms with Crippen LogP contribution in [0.5, 0.6) is 11.5 Å². The summed E-state index contributed by atoms with van der Waals surface area (Å²) < 4.78 is 41.3. The average Bonchev–Trinajstić information content (AvgIpc) is 2.25. The highest BCUT2D eigenvalue weighted by Crippen LogP contribution is 2.24. The lowest BCUT2D eigenvalue weighted by Crippen LogP contribution is -2.30. The van der Waals surface area contributed by atoms with E-state index in [1.807, 2.05) is 0 Å². The topological polar surface area (TPSA) is 41.5 Å². The maximum Gasteiger partial charge on any atom is 0.390 e. The molecule has 0 heterocycles. The van der Waals surface area contributed by atoms with Crippen molar-refractivity contribution in [1.82, 2.24) is 5.32 Å². The van der Waals surface area contributed by atoms with Crippen LogP contribution in [-0.4, -0.2) is 24.4 Å². The van der Waals surface area contributed by atoms with Gasteiger partial charge in [-0.3, -0.25) is 0 Å². The van der Waals surface area contributed by atoms with Gasteiger partial charge in [-0.15, -0.1) is 0 Å². The largest absolute Gasteiger partial charge is 0.508 e. The number of benzene rings is 1. The number of ether oxygens (including phenoxy) is 1. The number of nitrogens with one attached hydrogen (secondary N) is 1. The molecule has 1 aromatic carbocycles. The van der Waals surface area contributed by atoms with E-state index in [9.17, 15) is 18.3 Å². The zero-order valence-electron chi connectivity index (χ0n) is 10.2. The van der Waals surface area contributed by atoms with Crippen LogP contribution in [0.25, 0.3) is 0 Å². The number of alkyl halides is 3. The summed E-state index contributed by atoms with van der Waals surface area (Å²) in [4.78, 5) is 0. The third kappa shape index (κ3) is 4.83. The molecule has 102 valence electrons. The maximum atomic E-state index is 12.1. The van der Waals surface area contributed by atoms with Gasteiger partial charge in [0.05, 0.1) is 13.5 Å².